The molecule has 1 aliphatic rings. The zero-order valence-corrected chi connectivity index (χ0v) is 9.15. The Hall–Kier alpha value is -0.630. The fourth-order valence-corrected chi connectivity index (χ4v) is 1.83. The maximum Gasteiger partial charge on any atom is 0.136 e. The molecule has 2 nitrogen and oxygen atoms in total. The van der Waals surface area contributed by atoms with Crippen molar-refractivity contribution in [2.45, 2.75) is 40.0 Å². The Morgan fingerprint density at radius 1 is 1.15 bits per heavy atom. The molecule has 0 fully saturated rings. The molecule has 0 unspecified atom stereocenters. The maximum absolute atomic E-state index is 5.92. The number of hydrogen-bond donors (Lipinski definition) is 0. The maximum atomic E-state index is 5.92. The lowest BCUT2D eigenvalue weighted by Crippen LogP contribution is -1.96. The van der Waals surface area contributed by atoms with Crippen molar-refractivity contribution in [3.05, 3.63) is 22.2 Å². The fraction of sp³-hybridized carbons (Fsp3) is 0.600. The third-order valence-electron chi connectivity index (χ3n) is 1.99. The Balaban J connectivity index is 0.000000396. The first-order chi connectivity index (χ1) is 6.27. The normalized spacial score (nSPS) is 13.2. The summed E-state index contributed by atoms with van der Waals surface area (Å²) in [5.41, 5.74) is 2.32. The van der Waals surface area contributed by atoms with Crippen LogP contribution in [-0.4, -0.2) is 9.97 Å². The predicted molar refractivity (Wildman–Crippen MR) is 55.2 cm³/mol. The highest BCUT2D eigenvalue weighted by Crippen LogP contribution is 2.25. The van der Waals surface area contributed by atoms with Gasteiger partial charge in [0, 0.05) is 11.3 Å². The van der Waals surface area contributed by atoms with Gasteiger partial charge in [0.2, 0.25) is 0 Å². The van der Waals surface area contributed by atoms with Gasteiger partial charge >= 0.3 is 0 Å². The Bertz CT molecular complexity index is 297. The molecule has 0 radical (unpaired) electrons. The van der Waals surface area contributed by atoms with E-state index in [0.717, 1.165) is 29.9 Å². The first kappa shape index (κ1) is 10.5. The molecular formula is C10H15ClN2. The zero-order chi connectivity index (χ0) is 9.84. The Labute approximate surface area is 84.4 Å². The molecule has 0 aliphatic heterocycles. The average Bonchev–Trinajstić information content (AvgIpc) is 2.55. The third kappa shape index (κ3) is 2.19. The first-order valence-electron chi connectivity index (χ1n) is 4.79. The van der Waals surface area contributed by atoms with Crippen LogP contribution in [0.1, 0.15) is 37.4 Å². The van der Waals surface area contributed by atoms with E-state index >= 15 is 0 Å². The highest BCUT2D eigenvalue weighted by molar-refractivity contribution is 6.30. The van der Waals surface area contributed by atoms with Gasteiger partial charge in [-0.25, -0.2) is 9.97 Å². The highest BCUT2D eigenvalue weighted by Gasteiger charge is 2.16. The van der Waals surface area contributed by atoms with Crippen molar-refractivity contribution in [1.82, 2.24) is 9.97 Å². The van der Waals surface area contributed by atoms with Gasteiger partial charge in [-0.3, -0.25) is 0 Å². The molecule has 2 rings (SSSR count). The number of aryl methyl sites for hydroxylation is 2. The molecule has 0 amide bonds. The van der Waals surface area contributed by atoms with Gasteiger partial charge in [0.1, 0.15) is 11.0 Å². The van der Waals surface area contributed by atoms with E-state index in [-0.39, 0.29) is 0 Å². The molecule has 0 aromatic carbocycles. The highest BCUT2D eigenvalue weighted by atomic mass is 35.5. The van der Waals surface area contributed by atoms with Gasteiger partial charge in [-0.1, -0.05) is 25.4 Å². The lowest BCUT2D eigenvalue weighted by Gasteiger charge is -2.00. The van der Waals surface area contributed by atoms with Crippen LogP contribution in [0.2, 0.25) is 5.15 Å². The Kier molecular flexibility index (Phi) is 3.67. The van der Waals surface area contributed by atoms with Crippen LogP contribution in [0.25, 0.3) is 0 Å². The van der Waals surface area contributed by atoms with Crippen LogP contribution < -0.4 is 0 Å². The summed E-state index contributed by atoms with van der Waals surface area (Å²) in [6.07, 6.45) is 3.29. The smallest absolute Gasteiger partial charge is 0.136 e. The second-order valence-corrected chi connectivity index (χ2v) is 3.20. The fourth-order valence-electron chi connectivity index (χ4n) is 1.50. The second kappa shape index (κ2) is 4.56. The standard InChI is InChI=1S/C8H9ClN2.C2H6/c1-5-10-7-4-2-3-6(7)8(9)11-5;1-2/h2-4H2,1H3;1-2H3. The van der Waals surface area contributed by atoms with E-state index in [4.69, 9.17) is 11.6 Å². The molecule has 1 heterocycles. The van der Waals surface area contributed by atoms with Crippen LogP contribution in [0.4, 0.5) is 0 Å². The molecule has 1 aromatic heterocycles. The van der Waals surface area contributed by atoms with Crippen LogP contribution in [0, 0.1) is 6.92 Å². The van der Waals surface area contributed by atoms with Crippen LogP contribution in [-0.2, 0) is 12.8 Å². The van der Waals surface area contributed by atoms with Crippen molar-refractivity contribution in [2.24, 2.45) is 0 Å². The summed E-state index contributed by atoms with van der Waals surface area (Å²) >= 11 is 5.92. The van der Waals surface area contributed by atoms with Crippen molar-refractivity contribution >= 4 is 11.6 Å². The van der Waals surface area contributed by atoms with Gasteiger partial charge in [-0.2, -0.15) is 0 Å². The topological polar surface area (TPSA) is 25.8 Å². The molecule has 0 saturated carbocycles. The summed E-state index contributed by atoms with van der Waals surface area (Å²) in [4.78, 5) is 8.42. The Morgan fingerprint density at radius 3 is 2.54 bits per heavy atom. The van der Waals surface area contributed by atoms with Crippen molar-refractivity contribution in [3.63, 3.8) is 0 Å². The minimum Gasteiger partial charge on any atom is -0.238 e. The molecular weight excluding hydrogens is 184 g/mol. The SMILES string of the molecule is CC.Cc1nc(Cl)c2c(n1)CCC2. The average molecular weight is 199 g/mol. The van der Waals surface area contributed by atoms with Gasteiger partial charge < -0.3 is 0 Å². The van der Waals surface area contributed by atoms with E-state index in [9.17, 15) is 0 Å². The number of halogens is 1. The summed E-state index contributed by atoms with van der Waals surface area (Å²) in [6.45, 7) is 5.88. The second-order valence-electron chi connectivity index (χ2n) is 2.84. The van der Waals surface area contributed by atoms with Crippen molar-refractivity contribution in [1.29, 1.82) is 0 Å². The van der Waals surface area contributed by atoms with E-state index in [0.29, 0.717) is 5.15 Å². The van der Waals surface area contributed by atoms with Gasteiger partial charge in [0.15, 0.2) is 0 Å². The number of nitrogens with zero attached hydrogens (tertiary/aromatic N) is 2. The van der Waals surface area contributed by atoms with E-state index in [1.54, 1.807) is 0 Å². The van der Waals surface area contributed by atoms with Crippen molar-refractivity contribution in [2.75, 3.05) is 0 Å². The Morgan fingerprint density at radius 2 is 1.85 bits per heavy atom. The van der Waals surface area contributed by atoms with E-state index in [2.05, 4.69) is 9.97 Å². The number of fused-ring (bicyclic) bond motifs is 1. The molecule has 13 heavy (non-hydrogen) atoms. The van der Waals surface area contributed by atoms with Crippen molar-refractivity contribution in [3.8, 4) is 0 Å². The van der Waals surface area contributed by atoms with Crippen LogP contribution in [0.5, 0.6) is 0 Å². The minimum absolute atomic E-state index is 0.657. The van der Waals surface area contributed by atoms with Crippen LogP contribution in [0.15, 0.2) is 0 Å². The summed E-state index contributed by atoms with van der Waals surface area (Å²) in [5, 5.41) is 0.657. The van der Waals surface area contributed by atoms with Gasteiger partial charge in [-0.05, 0) is 26.2 Å². The first-order valence-corrected chi connectivity index (χ1v) is 5.17. The number of aromatic nitrogens is 2. The molecule has 72 valence electrons. The van der Waals surface area contributed by atoms with Gasteiger partial charge in [-0.15, -0.1) is 0 Å². The van der Waals surface area contributed by atoms with E-state index < -0.39 is 0 Å². The molecule has 0 saturated heterocycles. The number of rotatable bonds is 0. The quantitative estimate of drug-likeness (QED) is 0.599. The monoisotopic (exact) mass is 198 g/mol. The summed E-state index contributed by atoms with van der Waals surface area (Å²) in [7, 11) is 0. The minimum atomic E-state index is 0.657. The third-order valence-corrected chi connectivity index (χ3v) is 2.31. The molecule has 0 atom stereocenters. The van der Waals surface area contributed by atoms with Crippen molar-refractivity contribution < 1.29 is 0 Å². The van der Waals surface area contributed by atoms with E-state index in [1.807, 2.05) is 20.8 Å². The van der Waals surface area contributed by atoms with Crippen LogP contribution in [0.3, 0.4) is 0 Å². The largest absolute Gasteiger partial charge is 0.238 e. The lowest BCUT2D eigenvalue weighted by atomic mass is 10.3. The lowest BCUT2D eigenvalue weighted by molar-refractivity contribution is 0.895. The van der Waals surface area contributed by atoms with Gasteiger partial charge in [0.25, 0.3) is 0 Å². The summed E-state index contributed by atoms with van der Waals surface area (Å²) < 4.78 is 0. The molecule has 3 heteroatoms. The van der Waals surface area contributed by atoms with E-state index in [1.165, 1.54) is 6.42 Å². The van der Waals surface area contributed by atoms with Gasteiger partial charge in [0.05, 0.1) is 0 Å². The molecule has 0 N–H and O–H groups in total. The molecule has 0 bridgehead atoms. The summed E-state index contributed by atoms with van der Waals surface area (Å²) in [6, 6.07) is 0. The molecule has 1 aliphatic carbocycles. The molecule has 1 aromatic rings. The number of hydrogen-bond acceptors (Lipinski definition) is 2. The summed E-state index contributed by atoms with van der Waals surface area (Å²) in [5.74, 6) is 0.788. The predicted octanol–water partition coefficient (Wildman–Crippen LogP) is 2.95. The molecule has 0 spiro atoms. The van der Waals surface area contributed by atoms with Crippen LogP contribution >= 0.6 is 11.6 Å². The zero-order valence-electron chi connectivity index (χ0n) is 8.39.